The Balaban J connectivity index is 0.000000122. The maximum atomic E-state index is 11.9. The molecule has 88 heavy (non-hydrogen) atoms. The van der Waals surface area contributed by atoms with E-state index < -0.39 is 5.97 Å². The number of primary amides is 1. The van der Waals surface area contributed by atoms with Crippen molar-refractivity contribution in [3.05, 3.63) is 143 Å². The molecule has 3 aliphatic carbocycles. The number of carbonyl (C=O) groups is 3. The molecule has 9 heterocycles. The second-order valence-electron chi connectivity index (χ2n) is 23.1. The summed E-state index contributed by atoms with van der Waals surface area (Å²) in [5.41, 5.74) is 33.9. The number of carboxylic acid groups (broad SMARTS) is 1. The molecule has 9 aromatic heterocycles. The van der Waals surface area contributed by atoms with E-state index in [0.29, 0.717) is 45.4 Å². The van der Waals surface area contributed by atoms with E-state index in [1.165, 1.54) is 7.11 Å². The summed E-state index contributed by atoms with van der Waals surface area (Å²) in [6, 6.07) is 23.4. The molecule has 12 aromatic rings. The van der Waals surface area contributed by atoms with Crippen LogP contribution >= 0.6 is 34.8 Å². The number of nitrogens with one attached hydrogen (secondary N) is 3. The molecule has 12 N–H and O–H groups in total. The molecular formula is C64H63Cl3N16O5. The van der Waals surface area contributed by atoms with Crippen LogP contribution in [0, 0.1) is 17.8 Å². The molecule has 0 bridgehead atoms. The summed E-state index contributed by atoms with van der Waals surface area (Å²) in [7, 11) is 1.45. The average Bonchev–Trinajstić information content (AvgIpc) is 2.15. The van der Waals surface area contributed by atoms with Gasteiger partial charge in [-0.1, -0.05) is 71.2 Å². The van der Waals surface area contributed by atoms with Crippen LogP contribution in [0.4, 0.5) is 17.5 Å². The van der Waals surface area contributed by atoms with Crippen LogP contribution in [0.3, 0.4) is 0 Å². The minimum Gasteiger partial charge on any atom is -0.481 e. The number of aromatic amines is 3. The molecule has 0 saturated heterocycles. The molecule has 0 spiro atoms. The van der Waals surface area contributed by atoms with Gasteiger partial charge in [-0.05, 0) is 113 Å². The zero-order valence-corrected chi connectivity index (χ0v) is 50.2. The summed E-state index contributed by atoms with van der Waals surface area (Å²) in [6.45, 7) is 0. The minimum atomic E-state index is -0.708. The third-order valence-electron chi connectivity index (χ3n) is 18.0. The van der Waals surface area contributed by atoms with Crippen LogP contribution in [0.1, 0.15) is 112 Å². The molecular weight excluding hydrogens is 1180 g/mol. The Morgan fingerprint density at radius 2 is 0.818 bits per heavy atom. The van der Waals surface area contributed by atoms with Crippen molar-refractivity contribution in [2.75, 3.05) is 24.3 Å². The zero-order chi connectivity index (χ0) is 61.1. The van der Waals surface area contributed by atoms with Crippen LogP contribution < -0.4 is 22.9 Å². The number of nitrogens with zero attached hydrogens (tertiary/aromatic N) is 9. The maximum Gasteiger partial charge on any atom is 0.308 e. The lowest BCUT2D eigenvalue weighted by molar-refractivity contribution is -0.146. The van der Waals surface area contributed by atoms with Gasteiger partial charge < -0.3 is 47.7 Å². The number of imidazole rings is 3. The topological polar surface area (TPSA) is 323 Å². The number of anilines is 3. The van der Waals surface area contributed by atoms with E-state index in [1.807, 2.05) is 105 Å². The first kappa shape index (κ1) is 57.9. The Hall–Kier alpha value is -9.18. The number of ether oxygens (including phenoxy) is 1. The van der Waals surface area contributed by atoms with Crippen LogP contribution in [0.15, 0.2) is 110 Å². The van der Waals surface area contributed by atoms with Crippen molar-refractivity contribution in [1.82, 2.24) is 58.1 Å². The van der Waals surface area contributed by atoms with Crippen molar-refractivity contribution in [2.24, 2.45) is 23.5 Å². The second-order valence-corrected chi connectivity index (χ2v) is 24.3. The first-order chi connectivity index (χ1) is 42.6. The Bertz CT molecular complexity index is 4460. The molecule has 3 fully saturated rings. The number of aromatic nitrogens is 12. The highest BCUT2D eigenvalue weighted by Gasteiger charge is 2.34. The van der Waals surface area contributed by atoms with Crippen molar-refractivity contribution in [3.63, 3.8) is 0 Å². The molecule has 21 nitrogen and oxygen atoms in total. The largest absolute Gasteiger partial charge is 0.481 e. The normalized spacial score (nSPS) is 19.6. The van der Waals surface area contributed by atoms with Gasteiger partial charge in [-0.2, -0.15) is 0 Å². The van der Waals surface area contributed by atoms with Gasteiger partial charge in [0.1, 0.15) is 68.6 Å². The number of carbonyl (C=O) groups excluding carboxylic acids is 2. The quantitative estimate of drug-likeness (QED) is 0.0623. The lowest BCUT2D eigenvalue weighted by Crippen LogP contribution is -2.27. The lowest BCUT2D eigenvalue weighted by Gasteiger charge is -2.26. The average molecular weight is 1240 g/mol. The van der Waals surface area contributed by atoms with Gasteiger partial charge in [0.15, 0.2) is 0 Å². The van der Waals surface area contributed by atoms with Gasteiger partial charge in [-0.25, -0.2) is 29.9 Å². The van der Waals surface area contributed by atoms with Gasteiger partial charge in [-0.3, -0.25) is 27.6 Å². The van der Waals surface area contributed by atoms with E-state index in [4.69, 9.17) is 77.4 Å². The number of H-pyrrole nitrogens is 3. The number of benzene rings is 3. The number of fused-ring (bicyclic) bond motifs is 6. The first-order valence-electron chi connectivity index (χ1n) is 29.4. The van der Waals surface area contributed by atoms with E-state index in [9.17, 15) is 19.5 Å². The standard InChI is InChI=1S/C22H22ClN5O2.C21H21ClN6O.C21H20ClN5O2/c1-30-22(29)13-7-5-12(6-8-13)21-27-18(19-20(24)25-9-10-28(19)21)16-11-14-3-2-4-15(23)17(14)26-16;22-14-3-1-2-13-10-15(26-16(13)14)17-18-19(23)25-8-9-28(18)21(27-17)12-6-4-11(5-7-12)20(24)29;22-14-3-1-2-13-10-15(25-16(13)14)17-18-19(23)24-8-9-27(18)20(26-17)11-4-6-12(7-5-11)21(28)29/h2-4,9-13,26H,5-8H2,1H3,(H2,24,25);1-3,8-12,26H,4-7H2,(H2,23,25)(H2,24,29);1-3,8-12,25H,4-7H2,(H2,23,24)(H,28,29). The number of hydrogen-bond donors (Lipinski definition) is 8. The molecule has 24 heteroatoms. The molecule has 3 aliphatic rings. The third-order valence-corrected chi connectivity index (χ3v) is 18.9. The summed E-state index contributed by atoms with van der Waals surface area (Å²) in [4.78, 5) is 72.6. The van der Waals surface area contributed by atoms with Crippen LogP contribution in [0.25, 0.3) is 83.4 Å². The number of nitrogen functional groups attached to an aromatic ring is 3. The highest BCUT2D eigenvalue weighted by atomic mass is 35.5. The molecule has 3 saturated carbocycles. The summed E-state index contributed by atoms with van der Waals surface area (Å²) >= 11 is 19.0. The van der Waals surface area contributed by atoms with Crippen molar-refractivity contribution in [2.45, 2.75) is 94.8 Å². The summed E-state index contributed by atoms with van der Waals surface area (Å²) < 4.78 is 11.0. The first-order valence-corrected chi connectivity index (χ1v) is 30.6. The predicted molar refractivity (Wildman–Crippen MR) is 342 cm³/mol. The Morgan fingerprint density at radius 3 is 1.11 bits per heavy atom. The number of hydrogen-bond acceptors (Lipinski definition) is 13. The minimum absolute atomic E-state index is 0.0282. The van der Waals surface area contributed by atoms with Crippen LogP contribution in [0.2, 0.25) is 15.1 Å². The van der Waals surface area contributed by atoms with Crippen LogP contribution in [-0.4, -0.2) is 88.1 Å². The molecule has 0 aliphatic heterocycles. The number of rotatable bonds is 9. The van der Waals surface area contributed by atoms with Crippen molar-refractivity contribution in [3.8, 4) is 34.2 Å². The van der Waals surface area contributed by atoms with E-state index >= 15 is 0 Å². The summed E-state index contributed by atoms with van der Waals surface area (Å²) in [6.07, 6.45) is 20.3. The molecule has 3 aromatic carbocycles. The number of carboxylic acids is 1. The fourth-order valence-electron chi connectivity index (χ4n) is 13.4. The van der Waals surface area contributed by atoms with Gasteiger partial charge in [0.25, 0.3) is 0 Å². The number of methoxy groups -OCH3 is 1. The monoisotopic (exact) mass is 1240 g/mol. The number of para-hydroxylation sites is 3. The van der Waals surface area contributed by atoms with Crippen molar-refractivity contribution < 1.29 is 24.2 Å². The van der Waals surface area contributed by atoms with Gasteiger partial charge in [-0.15, -0.1) is 0 Å². The summed E-state index contributed by atoms with van der Waals surface area (Å²) in [5.74, 6) is 3.34. The number of halogens is 3. The second kappa shape index (κ2) is 23.8. The van der Waals surface area contributed by atoms with E-state index in [1.54, 1.807) is 18.6 Å². The highest BCUT2D eigenvalue weighted by molar-refractivity contribution is 6.36. The van der Waals surface area contributed by atoms with Crippen LogP contribution in [-0.2, 0) is 19.1 Å². The zero-order valence-electron chi connectivity index (χ0n) is 47.9. The smallest absolute Gasteiger partial charge is 0.308 e. The van der Waals surface area contributed by atoms with Gasteiger partial charge >= 0.3 is 11.9 Å². The number of amides is 1. The number of esters is 1. The number of nitrogens with two attached hydrogens (primary N) is 4. The number of aliphatic carboxylic acids is 1. The Labute approximate surface area is 518 Å². The Kier molecular flexibility index (Phi) is 15.7. The van der Waals surface area contributed by atoms with E-state index in [2.05, 4.69) is 29.9 Å². The molecule has 450 valence electrons. The molecule has 0 radical (unpaired) electrons. The third kappa shape index (κ3) is 10.7. The SMILES string of the molecule is COC(=O)C1CCC(c2nc(-c3cc4cccc(Cl)c4[nH]3)c3c(N)nccn23)CC1.NC(=O)C1CCC(c2nc(-c3cc4cccc(Cl)c4[nH]3)c3c(N)nccn23)CC1.Nc1nccn2c(C3CCC(C(=O)O)CC3)nc(-c3cc4cccc(Cl)c4[nH]3)c12. The summed E-state index contributed by atoms with van der Waals surface area (Å²) in [5, 5.41) is 14.3. The van der Waals surface area contributed by atoms with Crippen LogP contribution in [0.5, 0.6) is 0 Å². The highest BCUT2D eigenvalue weighted by Crippen LogP contribution is 2.43. The van der Waals surface area contributed by atoms with Crippen molar-refractivity contribution >= 4 is 119 Å². The maximum absolute atomic E-state index is 11.9. The fraction of sp³-hybridized carbons (Fsp3) is 0.297. The van der Waals surface area contributed by atoms with E-state index in [-0.39, 0.29) is 47.4 Å². The van der Waals surface area contributed by atoms with Gasteiger partial charge in [0.2, 0.25) is 5.91 Å². The van der Waals surface area contributed by atoms with E-state index in [0.717, 1.165) is 165 Å². The van der Waals surface area contributed by atoms with Gasteiger partial charge in [0, 0.05) is 77.0 Å². The molecule has 0 unspecified atom stereocenters. The lowest BCUT2D eigenvalue weighted by atomic mass is 9.81. The molecule has 0 atom stereocenters. The fourth-order valence-corrected chi connectivity index (χ4v) is 14.1. The molecule has 15 rings (SSSR count). The molecule has 1 amide bonds. The van der Waals surface area contributed by atoms with Gasteiger partial charge in [0.05, 0.1) is 67.6 Å². The Morgan fingerprint density at radius 1 is 0.500 bits per heavy atom. The van der Waals surface area contributed by atoms with Crippen molar-refractivity contribution in [1.29, 1.82) is 0 Å². The predicted octanol–water partition coefficient (Wildman–Crippen LogP) is 12.9.